The highest BCUT2D eigenvalue weighted by atomic mass is 79.9. The van der Waals surface area contributed by atoms with Crippen molar-refractivity contribution >= 4 is 50.7 Å². The van der Waals surface area contributed by atoms with Gasteiger partial charge in [-0.25, -0.2) is 4.98 Å². The van der Waals surface area contributed by atoms with E-state index in [4.69, 9.17) is 39.2 Å². The zero-order valence-electron chi connectivity index (χ0n) is 8.46. The van der Waals surface area contributed by atoms with E-state index in [9.17, 15) is 0 Å². The molecule has 0 saturated carbocycles. The third-order valence-corrected chi connectivity index (χ3v) is 2.95. The van der Waals surface area contributed by atoms with Gasteiger partial charge in [-0.15, -0.1) is 0 Å². The molecule has 0 aliphatic rings. The number of aromatic nitrogens is 1. The maximum absolute atomic E-state index is 5.68. The minimum atomic E-state index is -1.36. The number of hydrogen-bond donors (Lipinski definition) is 0. The molecule has 0 aliphatic carbocycles. The Morgan fingerprint density at radius 2 is 1.82 bits per heavy atom. The fourth-order valence-electron chi connectivity index (χ4n) is 1.31. The van der Waals surface area contributed by atoms with Gasteiger partial charge in [0.15, 0.2) is 3.79 Å². The Hall–Kier alpha value is -0.220. The van der Waals surface area contributed by atoms with Gasteiger partial charge in [0.1, 0.15) is 5.76 Å². The van der Waals surface area contributed by atoms with Gasteiger partial charge in [-0.05, 0) is 24.3 Å². The van der Waals surface area contributed by atoms with Gasteiger partial charge in [0.25, 0.3) is 0 Å². The third-order valence-electron chi connectivity index (χ3n) is 2.02. The molecule has 6 heteroatoms. The molecule has 1 heterocycles. The number of alkyl halides is 3. The van der Waals surface area contributed by atoms with Gasteiger partial charge in [0.05, 0.1) is 12.6 Å². The lowest BCUT2D eigenvalue weighted by molar-refractivity contribution is 0.519. The van der Waals surface area contributed by atoms with Gasteiger partial charge in [-0.2, -0.15) is 0 Å². The van der Waals surface area contributed by atoms with Crippen molar-refractivity contribution in [3.8, 4) is 11.5 Å². The highest BCUT2D eigenvalue weighted by molar-refractivity contribution is 9.10. The fraction of sp³-hybridized carbons (Fsp3) is 0.182. The van der Waals surface area contributed by atoms with E-state index in [0.29, 0.717) is 11.7 Å². The first-order chi connectivity index (χ1) is 7.94. The SMILES string of the molecule is ClC(Cl)(Cl)Cc1cnc(-c2ccc(Br)cc2)o1. The molecule has 17 heavy (non-hydrogen) atoms. The summed E-state index contributed by atoms with van der Waals surface area (Å²) in [5, 5.41) is 0. The second-order valence-corrected chi connectivity index (χ2v) is 6.86. The highest BCUT2D eigenvalue weighted by Gasteiger charge is 2.22. The normalized spacial score (nSPS) is 11.8. The van der Waals surface area contributed by atoms with Crippen LogP contribution in [-0.2, 0) is 6.42 Å². The van der Waals surface area contributed by atoms with Crippen LogP contribution in [0.3, 0.4) is 0 Å². The maximum Gasteiger partial charge on any atom is 0.226 e. The molecule has 2 nitrogen and oxygen atoms in total. The molecule has 2 rings (SSSR count). The largest absolute Gasteiger partial charge is 0.441 e. The molecule has 0 saturated heterocycles. The Kier molecular flexibility index (Phi) is 4.03. The molecular formula is C11H7BrCl3NO. The Morgan fingerprint density at radius 3 is 2.41 bits per heavy atom. The van der Waals surface area contributed by atoms with Crippen LogP contribution in [0.4, 0.5) is 0 Å². The van der Waals surface area contributed by atoms with Crippen LogP contribution in [0, 0.1) is 0 Å². The quantitative estimate of drug-likeness (QED) is 0.707. The topological polar surface area (TPSA) is 26.0 Å². The smallest absolute Gasteiger partial charge is 0.226 e. The summed E-state index contributed by atoms with van der Waals surface area (Å²) in [6.07, 6.45) is 1.76. The first-order valence-corrected chi connectivity index (χ1v) is 6.64. The Labute approximate surface area is 122 Å². The molecule has 90 valence electrons. The summed E-state index contributed by atoms with van der Waals surface area (Å²) in [6.45, 7) is 0. The second-order valence-electron chi connectivity index (χ2n) is 3.43. The van der Waals surface area contributed by atoms with Crippen molar-refractivity contribution in [3.63, 3.8) is 0 Å². The summed E-state index contributed by atoms with van der Waals surface area (Å²) in [4.78, 5) is 4.14. The lowest BCUT2D eigenvalue weighted by Gasteiger charge is -2.06. The van der Waals surface area contributed by atoms with Crippen molar-refractivity contribution in [2.75, 3.05) is 0 Å². The van der Waals surface area contributed by atoms with Gasteiger partial charge < -0.3 is 4.42 Å². The average Bonchev–Trinajstić information content (AvgIpc) is 2.64. The van der Waals surface area contributed by atoms with Crippen LogP contribution < -0.4 is 0 Å². The lowest BCUT2D eigenvalue weighted by Crippen LogP contribution is -2.05. The monoisotopic (exact) mass is 353 g/mol. The number of halogens is 4. The molecular weight excluding hydrogens is 348 g/mol. The van der Waals surface area contributed by atoms with Crippen LogP contribution in [-0.4, -0.2) is 8.78 Å². The second kappa shape index (κ2) is 5.19. The van der Waals surface area contributed by atoms with Crippen LogP contribution >= 0.6 is 50.7 Å². The molecule has 0 aliphatic heterocycles. The van der Waals surface area contributed by atoms with E-state index in [1.165, 1.54) is 0 Å². The minimum absolute atomic E-state index is 0.196. The molecule has 0 radical (unpaired) electrons. The predicted molar refractivity (Wildman–Crippen MR) is 73.6 cm³/mol. The summed E-state index contributed by atoms with van der Waals surface area (Å²) < 4.78 is 5.14. The van der Waals surface area contributed by atoms with Crippen molar-refractivity contribution in [2.45, 2.75) is 10.2 Å². The van der Waals surface area contributed by atoms with Crippen molar-refractivity contribution in [1.29, 1.82) is 0 Å². The molecule has 1 aromatic carbocycles. The van der Waals surface area contributed by atoms with Crippen molar-refractivity contribution < 1.29 is 4.42 Å². The van der Waals surface area contributed by atoms with Crippen LogP contribution in [0.2, 0.25) is 0 Å². The minimum Gasteiger partial charge on any atom is -0.441 e. The number of hydrogen-bond acceptors (Lipinski definition) is 2. The molecule has 2 aromatic rings. The van der Waals surface area contributed by atoms with E-state index in [0.717, 1.165) is 10.0 Å². The van der Waals surface area contributed by atoms with Crippen LogP contribution in [0.1, 0.15) is 5.76 Å². The first kappa shape index (κ1) is 13.2. The van der Waals surface area contributed by atoms with Crippen molar-refractivity contribution in [3.05, 3.63) is 40.7 Å². The van der Waals surface area contributed by atoms with E-state index < -0.39 is 3.79 Å². The molecule has 0 fully saturated rings. The Balaban J connectivity index is 2.21. The molecule has 0 amide bonds. The Bertz CT molecular complexity index is 504. The standard InChI is InChI=1S/C11H7BrCl3NO/c12-8-3-1-7(2-4-8)10-16-6-9(17-10)5-11(13,14)15/h1-4,6H,5H2. The maximum atomic E-state index is 5.68. The van der Waals surface area contributed by atoms with Gasteiger partial charge in [0, 0.05) is 10.0 Å². The summed E-state index contributed by atoms with van der Waals surface area (Å²) >= 11 is 20.4. The van der Waals surface area contributed by atoms with Gasteiger partial charge in [-0.3, -0.25) is 0 Å². The van der Waals surface area contributed by atoms with Crippen molar-refractivity contribution in [1.82, 2.24) is 4.98 Å². The average molecular weight is 355 g/mol. The lowest BCUT2D eigenvalue weighted by atomic mass is 10.2. The summed E-state index contributed by atoms with van der Waals surface area (Å²) in [6, 6.07) is 7.62. The van der Waals surface area contributed by atoms with Gasteiger partial charge in [-0.1, -0.05) is 50.7 Å². The van der Waals surface area contributed by atoms with Crippen molar-refractivity contribution in [2.24, 2.45) is 0 Å². The van der Waals surface area contributed by atoms with E-state index in [2.05, 4.69) is 20.9 Å². The number of rotatable bonds is 2. The number of nitrogens with zero attached hydrogens (tertiary/aromatic N) is 1. The summed E-state index contributed by atoms with van der Waals surface area (Å²) in [5.41, 5.74) is 0.878. The van der Waals surface area contributed by atoms with Crippen LogP contribution in [0.5, 0.6) is 0 Å². The van der Waals surface area contributed by atoms with E-state index in [1.54, 1.807) is 6.20 Å². The third kappa shape index (κ3) is 3.88. The molecule has 0 atom stereocenters. The number of benzene rings is 1. The molecule has 0 spiro atoms. The van der Waals surface area contributed by atoms with E-state index >= 15 is 0 Å². The molecule has 1 aromatic heterocycles. The fourth-order valence-corrected chi connectivity index (χ4v) is 1.97. The molecule has 0 N–H and O–H groups in total. The predicted octanol–water partition coefficient (Wildman–Crippen LogP) is 5.02. The van der Waals surface area contributed by atoms with E-state index in [-0.39, 0.29) is 6.42 Å². The Morgan fingerprint density at radius 1 is 1.18 bits per heavy atom. The zero-order valence-corrected chi connectivity index (χ0v) is 12.3. The van der Waals surface area contributed by atoms with E-state index in [1.807, 2.05) is 24.3 Å². The first-order valence-electron chi connectivity index (χ1n) is 4.71. The van der Waals surface area contributed by atoms with Crippen LogP contribution in [0.15, 0.2) is 39.4 Å². The summed E-state index contributed by atoms with van der Waals surface area (Å²) in [7, 11) is 0. The van der Waals surface area contributed by atoms with Gasteiger partial charge in [0.2, 0.25) is 5.89 Å². The molecule has 0 bridgehead atoms. The van der Waals surface area contributed by atoms with Crippen LogP contribution in [0.25, 0.3) is 11.5 Å². The highest BCUT2D eigenvalue weighted by Crippen LogP contribution is 2.31. The summed E-state index contributed by atoms with van der Waals surface area (Å²) in [5.74, 6) is 1.06. The molecule has 0 unspecified atom stereocenters. The zero-order chi connectivity index (χ0) is 12.5. The number of oxazole rings is 1. The van der Waals surface area contributed by atoms with Gasteiger partial charge >= 0.3 is 0 Å².